The second-order valence-electron chi connectivity index (χ2n) is 5.03. The van der Waals surface area contributed by atoms with Crippen LogP contribution >= 0.6 is 0 Å². The van der Waals surface area contributed by atoms with Crippen molar-refractivity contribution in [1.29, 1.82) is 0 Å². The molecule has 2 aromatic heterocycles. The number of hydrogen-bond acceptors (Lipinski definition) is 6. The number of rotatable bonds is 7. The van der Waals surface area contributed by atoms with E-state index in [-0.39, 0.29) is 0 Å². The average Bonchev–Trinajstić information content (AvgIpc) is 3.30. The van der Waals surface area contributed by atoms with Crippen molar-refractivity contribution in [2.24, 2.45) is 0 Å². The molecule has 6 nitrogen and oxygen atoms in total. The van der Waals surface area contributed by atoms with Crippen molar-refractivity contribution in [3.8, 4) is 11.5 Å². The van der Waals surface area contributed by atoms with Gasteiger partial charge in [-0.2, -0.15) is 0 Å². The summed E-state index contributed by atoms with van der Waals surface area (Å²) in [6, 6.07) is 8.54. The van der Waals surface area contributed by atoms with Crippen LogP contribution in [0.1, 0.15) is 21.5 Å². The molecule has 0 N–H and O–H groups in total. The fourth-order valence-electron chi connectivity index (χ4n) is 2.06. The zero-order chi connectivity index (χ0) is 16.8. The predicted molar refractivity (Wildman–Crippen MR) is 83.9 cm³/mol. The van der Waals surface area contributed by atoms with Gasteiger partial charge in [-0.15, -0.1) is 0 Å². The monoisotopic (exact) mass is 328 g/mol. The van der Waals surface area contributed by atoms with Gasteiger partial charge in [0.1, 0.15) is 24.7 Å². The smallest absolute Gasteiger partial charge is 0.338 e. The van der Waals surface area contributed by atoms with E-state index in [2.05, 4.69) is 0 Å². The quantitative estimate of drug-likeness (QED) is 0.614. The zero-order valence-corrected chi connectivity index (χ0v) is 13.1. The van der Waals surface area contributed by atoms with E-state index in [1.165, 1.54) is 7.11 Å². The van der Waals surface area contributed by atoms with Crippen molar-refractivity contribution >= 4 is 5.97 Å². The number of hydrogen-bond donors (Lipinski definition) is 0. The van der Waals surface area contributed by atoms with Crippen LogP contribution in [0.4, 0.5) is 0 Å². The fourth-order valence-corrected chi connectivity index (χ4v) is 2.06. The lowest BCUT2D eigenvalue weighted by molar-refractivity contribution is 0.0599. The standard InChI is InChI=1S/C18H16O6/c1-20-18(19)15-6-16(23-11-13-2-4-21-9-13)8-17(7-15)24-12-14-3-5-22-10-14/h2-10H,11-12H2,1H3. The van der Waals surface area contributed by atoms with Crippen molar-refractivity contribution in [1.82, 2.24) is 0 Å². The average molecular weight is 328 g/mol. The van der Waals surface area contributed by atoms with Gasteiger partial charge in [-0.3, -0.25) is 0 Å². The number of methoxy groups -OCH3 is 1. The maximum atomic E-state index is 11.8. The van der Waals surface area contributed by atoms with Crippen LogP contribution in [0.5, 0.6) is 11.5 Å². The Morgan fingerprint density at radius 3 is 1.88 bits per heavy atom. The molecular formula is C18H16O6. The lowest BCUT2D eigenvalue weighted by Crippen LogP contribution is -2.04. The molecule has 0 spiro atoms. The largest absolute Gasteiger partial charge is 0.489 e. The summed E-state index contributed by atoms with van der Waals surface area (Å²) < 4.78 is 26.2. The first kappa shape index (κ1) is 15.7. The third-order valence-electron chi connectivity index (χ3n) is 3.27. The molecule has 0 saturated heterocycles. The van der Waals surface area contributed by atoms with Gasteiger partial charge < -0.3 is 23.0 Å². The molecule has 0 aliphatic heterocycles. The first-order valence-corrected chi connectivity index (χ1v) is 7.26. The van der Waals surface area contributed by atoms with Crippen molar-refractivity contribution in [3.05, 3.63) is 72.1 Å². The molecule has 6 heteroatoms. The highest BCUT2D eigenvalue weighted by Gasteiger charge is 2.11. The van der Waals surface area contributed by atoms with Gasteiger partial charge in [0, 0.05) is 17.2 Å². The number of esters is 1. The van der Waals surface area contributed by atoms with Gasteiger partial charge in [-0.25, -0.2) is 4.79 Å². The highest BCUT2D eigenvalue weighted by atomic mass is 16.5. The molecule has 0 saturated carbocycles. The summed E-state index contributed by atoms with van der Waals surface area (Å²) in [6.07, 6.45) is 6.34. The lowest BCUT2D eigenvalue weighted by atomic mass is 10.2. The molecule has 3 aromatic rings. The van der Waals surface area contributed by atoms with Crippen molar-refractivity contribution in [3.63, 3.8) is 0 Å². The van der Waals surface area contributed by atoms with E-state index in [1.807, 2.05) is 0 Å². The van der Waals surface area contributed by atoms with E-state index in [4.69, 9.17) is 23.0 Å². The summed E-state index contributed by atoms with van der Waals surface area (Å²) in [5.74, 6) is 0.541. The van der Waals surface area contributed by atoms with E-state index >= 15 is 0 Å². The summed E-state index contributed by atoms with van der Waals surface area (Å²) in [4.78, 5) is 11.8. The molecule has 0 aliphatic carbocycles. The molecule has 0 bridgehead atoms. The van der Waals surface area contributed by atoms with Gasteiger partial charge in [0.2, 0.25) is 0 Å². The van der Waals surface area contributed by atoms with Gasteiger partial charge in [0.05, 0.1) is 37.7 Å². The molecule has 2 heterocycles. The molecule has 124 valence electrons. The molecule has 24 heavy (non-hydrogen) atoms. The third-order valence-corrected chi connectivity index (χ3v) is 3.27. The van der Waals surface area contributed by atoms with Crippen LogP contribution < -0.4 is 9.47 Å². The normalized spacial score (nSPS) is 10.4. The minimum Gasteiger partial charge on any atom is -0.489 e. The summed E-state index contributed by atoms with van der Waals surface area (Å²) >= 11 is 0. The molecule has 1 aromatic carbocycles. The van der Waals surface area contributed by atoms with Crippen molar-refractivity contribution in [2.45, 2.75) is 13.2 Å². The number of carbonyl (C=O) groups excluding carboxylic acids is 1. The first-order chi connectivity index (χ1) is 11.7. The Morgan fingerprint density at radius 1 is 0.917 bits per heavy atom. The second-order valence-corrected chi connectivity index (χ2v) is 5.03. The molecule has 0 unspecified atom stereocenters. The first-order valence-electron chi connectivity index (χ1n) is 7.26. The Balaban J connectivity index is 1.75. The minimum atomic E-state index is -0.461. The summed E-state index contributed by atoms with van der Waals surface area (Å²) in [5, 5.41) is 0. The highest BCUT2D eigenvalue weighted by Crippen LogP contribution is 2.25. The number of benzene rings is 1. The molecule has 0 atom stereocenters. The highest BCUT2D eigenvalue weighted by molar-refractivity contribution is 5.90. The SMILES string of the molecule is COC(=O)c1cc(OCc2ccoc2)cc(OCc2ccoc2)c1. The topological polar surface area (TPSA) is 71.0 Å². The van der Waals surface area contributed by atoms with Crippen LogP contribution in [0.3, 0.4) is 0 Å². The Morgan fingerprint density at radius 2 is 1.46 bits per heavy atom. The maximum absolute atomic E-state index is 11.8. The number of furan rings is 2. The molecule has 3 rings (SSSR count). The Hall–Kier alpha value is -3.15. The van der Waals surface area contributed by atoms with Crippen LogP contribution in [-0.2, 0) is 18.0 Å². The Kier molecular flexibility index (Phi) is 4.86. The Bertz CT molecular complexity index is 717. The van der Waals surface area contributed by atoms with Crippen molar-refractivity contribution < 1.29 is 27.8 Å². The molecular weight excluding hydrogens is 312 g/mol. The molecule has 0 radical (unpaired) electrons. The third kappa shape index (κ3) is 3.98. The van der Waals surface area contributed by atoms with Gasteiger partial charge in [0.25, 0.3) is 0 Å². The van der Waals surface area contributed by atoms with E-state index in [0.29, 0.717) is 30.3 Å². The second kappa shape index (κ2) is 7.41. The lowest BCUT2D eigenvalue weighted by Gasteiger charge is -2.11. The summed E-state index contributed by atoms with van der Waals surface area (Å²) in [5.41, 5.74) is 2.13. The fraction of sp³-hybridized carbons (Fsp3) is 0.167. The van der Waals surface area contributed by atoms with Crippen LogP contribution in [-0.4, -0.2) is 13.1 Å². The van der Waals surface area contributed by atoms with Crippen LogP contribution in [0.25, 0.3) is 0 Å². The molecule has 0 fully saturated rings. The number of ether oxygens (including phenoxy) is 3. The van der Waals surface area contributed by atoms with E-state index < -0.39 is 5.97 Å². The van der Waals surface area contributed by atoms with E-state index in [0.717, 1.165) is 11.1 Å². The van der Waals surface area contributed by atoms with Gasteiger partial charge in [0.15, 0.2) is 0 Å². The molecule has 0 amide bonds. The van der Waals surface area contributed by atoms with Gasteiger partial charge >= 0.3 is 5.97 Å². The van der Waals surface area contributed by atoms with E-state index in [9.17, 15) is 4.79 Å². The van der Waals surface area contributed by atoms with Crippen molar-refractivity contribution in [2.75, 3.05) is 7.11 Å². The van der Waals surface area contributed by atoms with Crippen LogP contribution in [0.2, 0.25) is 0 Å². The Labute approximate surface area is 138 Å². The predicted octanol–water partition coefficient (Wildman–Crippen LogP) is 3.82. The minimum absolute atomic E-state index is 0.322. The van der Waals surface area contributed by atoms with E-state index in [1.54, 1.807) is 55.4 Å². The van der Waals surface area contributed by atoms with Gasteiger partial charge in [-0.1, -0.05) is 0 Å². The maximum Gasteiger partial charge on any atom is 0.338 e. The molecule has 0 aliphatic rings. The zero-order valence-electron chi connectivity index (χ0n) is 13.1. The van der Waals surface area contributed by atoms with Crippen LogP contribution in [0.15, 0.2) is 64.2 Å². The number of carbonyl (C=O) groups is 1. The summed E-state index contributed by atoms with van der Waals surface area (Å²) in [6.45, 7) is 0.643. The van der Waals surface area contributed by atoms with Gasteiger partial charge in [-0.05, 0) is 24.3 Å². The summed E-state index contributed by atoms with van der Waals surface area (Å²) in [7, 11) is 1.33. The van der Waals surface area contributed by atoms with Crippen LogP contribution in [0, 0.1) is 0 Å².